The second kappa shape index (κ2) is 9.68. The summed E-state index contributed by atoms with van der Waals surface area (Å²) in [6.45, 7) is 3.76. The Morgan fingerprint density at radius 1 is 1.14 bits per heavy atom. The first-order valence-electron chi connectivity index (χ1n) is 12.9. The largest absolute Gasteiger partial charge is 0.487 e. The number of carbonyl (C=O) groups excluding carboxylic acids is 1. The second-order valence-electron chi connectivity index (χ2n) is 10.3. The van der Waals surface area contributed by atoms with Crippen LogP contribution < -0.4 is 15.0 Å². The summed E-state index contributed by atoms with van der Waals surface area (Å²) in [5.74, 6) is 0.148. The number of rotatable bonds is 5. The second-order valence-corrected chi connectivity index (χ2v) is 10.3. The molecule has 1 unspecified atom stereocenters. The molecule has 3 fully saturated rings. The molecule has 1 N–H and O–H groups in total. The van der Waals surface area contributed by atoms with E-state index in [-0.39, 0.29) is 23.8 Å². The van der Waals surface area contributed by atoms with Crippen molar-refractivity contribution in [2.45, 2.75) is 49.8 Å². The number of nitrogens with one attached hydrogen (secondary N) is 1. The van der Waals surface area contributed by atoms with E-state index in [9.17, 15) is 13.6 Å². The third kappa shape index (κ3) is 4.48. The fraction of sp³-hybridized carbons (Fsp3) is 0.577. The SMILES string of the molecule is CN1Cc2nc(N[C@@H]3CCOC3)c(N3CCC(Oc4ccc(F)cc4F)CC3)nc2C2(CCOC2)C1=O. The van der Waals surface area contributed by atoms with E-state index in [2.05, 4.69) is 10.2 Å². The van der Waals surface area contributed by atoms with Crippen LogP contribution in [-0.4, -0.2) is 79.5 Å². The number of benzene rings is 1. The average molecular weight is 516 g/mol. The third-order valence-electron chi connectivity index (χ3n) is 7.77. The molecule has 4 aliphatic heterocycles. The molecule has 1 spiro atoms. The molecule has 0 radical (unpaired) electrons. The molecule has 0 bridgehead atoms. The van der Waals surface area contributed by atoms with Crippen LogP contribution in [0.3, 0.4) is 0 Å². The van der Waals surface area contributed by atoms with Crippen LogP contribution in [0.5, 0.6) is 5.75 Å². The number of amides is 1. The Labute approximate surface area is 214 Å². The van der Waals surface area contributed by atoms with Gasteiger partial charge in [0, 0.05) is 52.3 Å². The summed E-state index contributed by atoms with van der Waals surface area (Å²) >= 11 is 0. The first-order chi connectivity index (χ1) is 17.9. The number of piperidine rings is 1. The molecule has 5 heterocycles. The van der Waals surface area contributed by atoms with Crippen molar-refractivity contribution < 1.29 is 27.8 Å². The highest BCUT2D eigenvalue weighted by molar-refractivity contribution is 5.90. The van der Waals surface area contributed by atoms with E-state index < -0.39 is 17.0 Å². The Bertz CT molecular complexity index is 1180. The third-order valence-corrected chi connectivity index (χ3v) is 7.77. The quantitative estimate of drug-likeness (QED) is 0.650. The zero-order valence-electron chi connectivity index (χ0n) is 20.8. The lowest BCUT2D eigenvalue weighted by Gasteiger charge is -2.39. The van der Waals surface area contributed by atoms with E-state index >= 15 is 0 Å². The molecule has 37 heavy (non-hydrogen) atoms. The molecule has 11 heteroatoms. The van der Waals surface area contributed by atoms with Crippen molar-refractivity contribution in [3.63, 3.8) is 0 Å². The highest BCUT2D eigenvalue weighted by atomic mass is 19.1. The van der Waals surface area contributed by atoms with Crippen molar-refractivity contribution in [1.29, 1.82) is 0 Å². The maximum absolute atomic E-state index is 14.1. The van der Waals surface area contributed by atoms with E-state index in [1.165, 1.54) is 12.1 Å². The Hall–Kier alpha value is -3.05. The minimum absolute atomic E-state index is 0.0242. The van der Waals surface area contributed by atoms with Gasteiger partial charge < -0.3 is 29.3 Å². The highest BCUT2D eigenvalue weighted by Gasteiger charge is 2.52. The number of hydrogen-bond acceptors (Lipinski definition) is 8. The van der Waals surface area contributed by atoms with Gasteiger partial charge in [-0.15, -0.1) is 0 Å². The van der Waals surface area contributed by atoms with Gasteiger partial charge in [0.15, 0.2) is 23.2 Å². The van der Waals surface area contributed by atoms with Crippen LogP contribution in [0, 0.1) is 11.6 Å². The van der Waals surface area contributed by atoms with Crippen LogP contribution >= 0.6 is 0 Å². The van der Waals surface area contributed by atoms with Gasteiger partial charge in [0.05, 0.1) is 37.2 Å². The van der Waals surface area contributed by atoms with Crippen molar-refractivity contribution in [2.75, 3.05) is 56.8 Å². The Balaban J connectivity index is 1.28. The number of halogens is 2. The fourth-order valence-corrected chi connectivity index (χ4v) is 5.73. The topological polar surface area (TPSA) is 89.1 Å². The first-order valence-corrected chi connectivity index (χ1v) is 12.9. The lowest BCUT2D eigenvalue weighted by Crippen LogP contribution is -2.51. The predicted octanol–water partition coefficient (Wildman–Crippen LogP) is 2.63. The molecule has 0 aliphatic carbocycles. The molecule has 198 valence electrons. The summed E-state index contributed by atoms with van der Waals surface area (Å²) in [6.07, 6.45) is 2.54. The molecule has 4 aliphatic rings. The summed E-state index contributed by atoms with van der Waals surface area (Å²) in [5.41, 5.74) is 0.700. The monoisotopic (exact) mass is 515 g/mol. The Morgan fingerprint density at radius 2 is 1.97 bits per heavy atom. The number of aromatic nitrogens is 2. The van der Waals surface area contributed by atoms with Crippen LogP contribution in [-0.2, 0) is 26.2 Å². The zero-order chi connectivity index (χ0) is 25.6. The number of ether oxygens (including phenoxy) is 3. The molecule has 6 rings (SSSR count). The first kappa shape index (κ1) is 24.3. The molecule has 2 aromatic rings. The molecule has 1 aromatic carbocycles. The van der Waals surface area contributed by atoms with Gasteiger partial charge in [-0.2, -0.15) is 0 Å². The van der Waals surface area contributed by atoms with Gasteiger partial charge in [0.25, 0.3) is 0 Å². The normalized spacial score (nSPS) is 26.1. The standard InChI is InChI=1S/C26H31F2N5O4/c1-32-13-20-22(26(25(32)34)7-11-36-15-26)31-24(23(30-20)29-17-6-10-35-14-17)33-8-4-18(5-9-33)37-21-3-2-16(27)12-19(21)28/h2-3,12,17-18H,4-11,13-15H2,1H3,(H,29,30)/t17-,26?/m1/s1. The van der Waals surface area contributed by atoms with Crippen molar-refractivity contribution in [3.8, 4) is 5.75 Å². The number of carbonyl (C=O) groups is 1. The number of nitrogens with zero attached hydrogens (tertiary/aromatic N) is 4. The number of likely N-dealkylation sites (N-methyl/N-ethyl adjacent to an activating group) is 1. The minimum Gasteiger partial charge on any atom is -0.487 e. The number of hydrogen-bond donors (Lipinski definition) is 1. The lowest BCUT2D eigenvalue weighted by molar-refractivity contribution is -0.138. The average Bonchev–Trinajstić information content (AvgIpc) is 3.58. The maximum Gasteiger partial charge on any atom is 0.237 e. The van der Waals surface area contributed by atoms with Gasteiger partial charge in [-0.05, 0) is 25.0 Å². The maximum atomic E-state index is 14.1. The summed E-state index contributed by atoms with van der Waals surface area (Å²) < 4.78 is 44.5. The highest BCUT2D eigenvalue weighted by Crippen LogP contribution is 2.41. The molecule has 3 saturated heterocycles. The van der Waals surface area contributed by atoms with Gasteiger partial charge in [-0.1, -0.05) is 0 Å². The molecule has 2 atom stereocenters. The van der Waals surface area contributed by atoms with E-state index in [4.69, 9.17) is 24.2 Å². The summed E-state index contributed by atoms with van der Waals surface area (Å²) in [6, 6.07) is 3.50. The predicted molar refractivity (Wildman–Crippen MR) is 131 cm³/mol. The van der Waals surface area contributed by atoms with Crippen molar-refractivity contribution in [1.82, 2.24) is 14.9 Å². The Kier molecular flexibility index (Phi) is 6.36. The van der Waals surface area contributed by atoms with E-state index in [1.54, 1.807) is 11.9 Å². The van der Waals surface area contributed by atoms with E-state index in [0.29, 0.717) is 82.7 Å². The van der Waals surface area contributed by atoms with Crippen molar-refractivity contribution in [2.24, 2.45) is 0 Å². The van der Waals surface area contributed by atoms with Gasteiger partial charge in [0.1, 0.15) is 17.3 Å². The lowest BCUT2D eigenvalue weighted by atomic mass is 9.78. The van der Waals surface area contributed by atoms with Gasteiger partial charge in [0.2, 0.25) is 5.91 Å². The van der Waals surface area contributed by atoms with Crippen molar-refractivity contribution >= 4 is 17.5 Å². The van der Waals surface area contributed by atoms with Crippen molar-refractivity contribution in [3.05, 3.63) is 41.2 Å². The summed E-state index contributed by atoms with van der Waals surface area (Å²) in [4.78, 5) is 27.3. The Morgan fingerprint density at radius 3 is 2.68 bits per heavy atom. The summed E-state index contributed by atoms with van der Waals surface area (Å²) in [7, 11) is 1.80. The molecule has 0 saturated carbocycles. The van der Waals surface area contributed by atoms with Gasteiger partial charge in [-0.3, -0.25) is 4.79 Å². The molecule has 1 aromatic heterocycles. The van der Waals surface area contributed by atoms with Crippen LogP contribution in [0.1, 0.15) is 37.1 Å². The fourth-order valence-electron chi connectivity index (χ4n) is 5.73. The smallest absolute Gasteiger partial charge is 0.237 e. The van der Waals surface area contributed by atoms with E-state index in [1.807, 2.05) is 0 Å². The van der Waals surface area contributed by atoms with Crippen LogP contribution in [0.4, 0.5) is 20.4 Å². The minimum atomic E-state index is -0.805. The molecule has 9 nitrogen and oxygen atoms in total. The van der Waals surface area contributed by atoms with Crippen LogP contribution in [0.2, 0.25) is 0 Å². The molecule has 1 amide bonds. The number of fused-ring (bicyclic) bond motifs is 2. The van der Waals surface area contributed by atoms with Gasteiger partial charge in [-0.25, -0.2) is 18.7 Å². The summed E-state index contributed by atoms with van der Waals surface area (Å²) in [5, 5.41) is 3.53. The number of anilines is 2. The molecular formula is C26H31F2N5O4. The van der Waals surface area contributed by atoms with Crippen LogP contribution in [0.25, 0.3) is 0 Å². The van der Waals surface area contributed by atoms with E-state index in [0.717, 1.165) is 18.2 Å². The molecular weight excluding hydrogens is 484 g/mol. The zero-order valence-corrected chi connectivity index (χ0v) is 20.8. The van der Waals surface area contributed by atoms with Crippen LogP contribution in [0.15, 0.2) is 18.2 Å². The van der Waals surface area contributed by atoms with Gasteiger partial charge >= 0.3 is 0 Å².